The Morgan fingerprint density at radius 3 is 2.52 bits per heavy atom. The molecule has 0 saturated carbocycles. The smallest absolute Gasteiger partial charge is 0.257 e. The molecule has 2 N–H and O–H groups in total. The zero-order valence-electron chi connectivity index (χ0n) is 15.0. The topological polar surface area (TPSA) is 50.4 Å². The summed E-state index contributed by atoms with van der Waals surface area (Å²) in [4.78, 5) is 12.5. The molecule has 6 heteroatoms. The van der Waals surface area contributed by atoms with Gasteiger partial charge in [0.1, 0.15) is 5.75 Å². The van der Waals surface area contributed by atoms with E-state index in [1.54, 1.807) is 18.2 Å². The first-order valence-electron chi connectivity index (χ1n) is 8.50. The van der Waals surface area contributed by atoms with Gasteiger partial charge in [-0.1, -0.05) is 46.3 Å². The summed E-state index contributed by atoms with van der Waals surface area (Å²) in [5, 5.41) is 8.14. The lowest BCUT2D eigenvalue weighted by molar-refractivity contribution is 0.0977. The summed E-state index contributed by atoms with van der Waals surface area (Å²) in [7, 11) is 0. The molecule has 0 aromatic heterocycles. The van der Waals surface area contributed by atoms with Crippen molar-refractivity contribution in [1.29, 1.82) is 0 Å². The van der Waals surface area contributed by atoms with E-state index in [0.29, 0.717) is 11.3 Å². The molecule has 0 bridgehead atoms. The van der Waals surface area contributed by atoms with E-state index in [1.165, 1.54) is 0 Å². The van der Waals surface area contributed by atoms with Crippen molar-refractivity contribution in [1.82, 2.24) is 5.32 Å². The lowest BCUT2D eigenvalue weighted by atomic mass is 10.1. The first kappa shape index (κ1) is 19.3. The highest BCUT2D eigenvalue weighted by Crippen LogP contribution is 2.29. The number of anilines is 1. The van der Waals surface area contributed by atoms with Crippen LogP contribution in [0.4, 0.5) is 5.69 Å². The van der Waals surface area contributed by atoms with Gasteiger partial charge in [0.05, 0.1) is 6.10 Å². The minimum Gasteiger partial charge on any atom is -0.491 e. The van der Waals surface area contributed by atoms with E-state index in [0.717, 1.165) is 20.9 Å². The molecule has 3 rings (SSSR count). The van der Waals surface area contributed by atoms with Crippen LogP contribution in [0, 0.1) is 0 Å². The van der Waals surface area contributed by atoms with Crippen molar-refractivity contribution >= 4 is 55.6 Å². The van der Waals surface area contributed by atoms with Gasteiger partial charge in [-0.3, -0.25) is 10.1 Å². The fourth-order valence-electron chi connectivity index (χ4n) is 2.68. The maximum atomic E-state index is 12.5. The molecular formula is C21H19BrN2O2S. The van der Waals surface area contributed by atoms with Gasteiger partial charge in [-0.2, -0.15) is 0 Å². The van der Waals surface area contributed by atoms with E-state index < -0.39 is 0 Å². The second-order valence-corrected chi connectivity index (χ2v) is 7.51. The number of nitrogens with one attached hydrogen (secondary N) is 2. The van der Waals surface area contributed by atoms with E-state index in [-0.39, 0.29) is 17.1 Å². The molecule has 0 aliphatic heterocycles. The Labute approximate surface area is 172 Å². The molecule has 0 radical (unpaired) electrons. The largest absolute Gasteiger partial charge is 0.491 e. The number of thiocarbonyl (C=S) groups is 1. The van der Waals surface area contributed by atoms with Gasteiger partial charge in [0.2, 0.25) is 0 Å². The number of amides is 1. The predicted molar refractivity (Wildman–Crippen MR) is 118 cm³/mol. The molecule has 0 fully saturated rings. The first-order chi connectivity index (χ1) is 12.9. The van der Waals surface area contributed by atoms with Gasteiger partial charge in [0.15, 0.2) is 5.11 Å². The van der Waals surface area contributed by atoms with Gasteiger partial charge in [-0.15, -0.1) is 0 Å². The van der Waals surface area contributed by atoms with E-state index in [4.69, 9.17) is 17.0 Å². The van der Waals surface area contributed by atoms with Crippen molar-refractivity contribution in [3.8, 4) is 5.75 Å². The van der Waals surface area contributed by atoms with Gasteiger partial charge >= 0.3 is 0 Å². The molecule has 0 heterocycles. The Hall–Kier alpha value is -2.44. The summed E-state index contributed by atoms with van der Waals surface area (Å²) in [6.45, 7) is 3.88. The van der Waals surface area contributed by atoms with Crippen LogP contribution in [0.5, 0.6) is 5.75 Å². The maximum absolute atomic E-state index is 12.5. The number of hydrogen-bond acceptors (Lipinski definition) is 3. The van der Waals surface area contributed by atoms with Crippen LogP contribution in [-0.2, 0) is 0 Å². The molecule has 0 aliphatic rings. The van der Waals surface area contributed by atoms with Crippen LogP contribution in [0.2, 0.25) is 0 Å². The van der Waals surface area contributed by atoms with Crippen molar-refractivity contribution in [2.45, 2.75) is 20.0 Å². The van der Waals surface area contributed by atoms with E-state index in [2.05, 4.69) is 26.6 Å². The number of rotatable bonds is 4. The molecule has 0 saturated heterocycles. The van der Waals surface area contributed by atoms with Crippen LogP contribution >= 0.6 is 28.1 Å². The van der Waals surface area contributed by atoms with Crippen molar-refractivity contribution < 1.29 is 9.53 Å². The Kier molecular flexibility index (Phi) is 6.08. The highest BCUT2D eigenvalue weighted by atomic mass is 79.9. The standard InChI is InChI=1S/C21H19BrN2O2S/c1-13(2)26-15-7-5-6-14(12-15)20(25)24-21(27)23-19-11-10-18(22)16-8-3-4-9-17(16)19/h3-13H,1-2H3,(H2,23,24,25,27). The van der Waals surface area contributed by atoms with Crippen LogP contribution in [0.3, 0.4) is 0 Å². The predicted octanol–water partition coefficient (Wildman–Crippen LogP) is 5.52. The van der Waals surface area contributed by atoms with Crippen LogP contribution < -0.4 is 15.4 Å². The fourth-order valence-corrected chi connectivity index (χ4v) is 3.36. The summed E-state index contributed by atoms with van der Waals surface area (Å²) >= 11 is 8.87. The Bertz CT molecular complexity index is 1000. The second kappa shape index (κ2) is 8.50. The molecule has 4 nitrogen and oxygen atoms in total. The van der Waals surface area contributed by atoms with Crippen molar-refractivity contribution in [2.75, 3.05) is 5.32 Å². The summed E-state index contributed by atoms with van der Waals surface area (Å²) < 4.78 is 6.63. The van der Waals surface area contributed by atoms with Crippen LogP contribution in [0.1, 0.15) is 24.2 Å². The third-order valence-corrected chi connectivity index (χ3v) is 4.71. The number of benzene rings is 3. The molecular weight excluding hydrogens is 424 g/mol. The Balaban J connectivity index is 1.73. The number of halogens is 1. The van der Waals surface area contributed by atoms with E-state index in [1.807, 2.05) is 56.3 Å². The summed E-state index contributed by atoms with van der Waals surface area (Å²) in [6.07, 6.45) is 0.0386. The molecule has 3 aromatic carbocycles. The summed E-state index contributed by atoms with van der Waals surface area (Å²) in [5.41, 5.74) is 1.31. The molecule has 138 valence electrons. The second-order valence-electron chi connectivity index (χ2n) is 6.24. The van der Waals surface area contributed by atoms with Gasteiger partial charge in [-0.25, -0.2) is 0 Å². The lowest BCUT2D eigenvalue weighted by Gasteiger charge is -2.14. The number of carbonyl (C=O) groups excluding carboxylic acids is 1. The molecule has 0 spiro atoms. The van der Waals surface area contributed by atoms with Crippen molar-refractivity contribution in [2.24, 2.45) is 0 Å². The molecule has 3 aromatic rings. The van der Waals surface area contributed by atoms with Crippen LogP contribution in [-0.4, -0.2) is 17.1 Å². The highest BCUT2D eigenvalue weighted by Gasteiger charge is 2.11. The molecule has 0 atom stereocenters. The van der Waals surface area contributed by atoms with E-state index in [9.17, 15) is 4.79 Å². The third-order valence-electron chi connectivity index (χ3n) is 3.81. The van der Waals surface area contributed by atoms with Crippen LogP contribution in [0.15, 0.2) is 65.1 Å². The quantitative estimate of drug-likeness (QED) is 0.522. The van der Waals surface area contributed by atoms with Crippen LogP contribution in [0.25, 0.3) is 10.8 Å². The van der Waals surface area contributed by atoms with Crippen molar-refractivity contribution in [3.05, 3.63) is 70.7 Å². The number of hydrogen-bond donors (Lipinski definition) is 2. The summed E-state index contributed by atoms with van der Waals surface area (Å²) in [5.74, 6) is 0.360. The number of ether oxygens (including phenoxy) is 1. The molecule has 0 unspecified atom stereocenters. The zero-order chi connectivity index (χ0) is 19.4. The zero-order valence-corrected chi connectivity index (χ0v) is 17.4. The number of carbonyl (C=O) groups is 1. The molecule has 1 amide bonds. The van der Waals surface area contributed by atoms with Gasteiger partial charge in [0.25, 0.3) is 5.91 Å². The first-order valence-corrected chi connectivity index (χ1v) is 9.70. The monoisotopic (exact) mass is 442 g/mol. The normalized spacial score (nSPS) is 10.7. The van der Waals surface area contributed by atoms with Gasteiger partial charge < -0.3 is 10.1 Å². The van der Waals surface area contributed by atoms with Gasteiger partial charge in [0, 0.05) is 21.1 Å². The van der Waals surface area contributed by atoms with Gasteiger partial charge in [-0.05, 0) is 61.8 Å². The average Bonchev–Trinajstić information content (AvgIpc) is 2.64. The Morgan fingerprint density at radius 2 is 1.78 bits per heavy atom. The molecule has 0 aliphatic carbocycles. The third kappa shape index (κ3) is 4.84. The number of fused-ring (bicyclic) bond motifs is 1. The maximum Gasteiger partial charge on any atom is 0.257 e. The minimum absolute atomic E-state index is 0.0386. The van der Waals surface area contributed by atoms with E-state index >= 15 is 0 Å². The van der Waals surface area contributed by atoms with Crippen molar-refractivity contribution in [3.63, 3.8) is 0 Å². The summed E-state index contributed by atoms with van der Waals surface area (Å²) in [6, 6.07) is 18.8. The fraction of sp³-hybridized carbons (Fsp3) is 0.143. The lowest BCUT2D eigenvalue weighted by Crippen LogP contribution is -2.34. The average molecular weight is 443 g/mol. The molecule has 27 heavy (non-hydrogen) atoms. The SMILES string of the molecule is CC(C)Oc1cccc(C(=O)NC(=S)Nc2ccc(Br)c3ccccc23)c1. The highest BCUT2D eigenvalue weighted by molar-refractivity contribution is 9.10. The minimum atomic E-state index is -0.289. The Morgan fingerprint density at radius 1 is 1.04 bits per heavy atom.